The summed E-state index contributed by atoms with van der Waals surface area (Å²) in [5.74, 6) is -3.14. The van der Waals surface area contributed by atoms with E-state index in [1.807, 2.05) is 37.3 Å². The van der Waals surface area contributed by atoms with E-state index in [0.29, 0.717) is 6.42 Å². The summed E-state index contributed by atoms with van der Waals surface area (Å²) < 4.78 is 21.4. The molecule has 5 heteroatoms. The number of nitrogens with two attached hydrogens (primary N) is 1. The molecule has 0 radical (unpaired) electrons. The van der Waals surface area contributed by atoms with Crippen LogP contribution >= 0.6 is 0 Å². The molecular formula is C20H34FNO3. The summed E-state index contributed by atoms with van der Waals surface area (Å²) in [7, 11) is 0. The zero-order valence-corrected chi connectivity index (χ0v) is 16.1. The van der Waals surface area contributed by atoms with Gasteiger partial charge in [0.25, 0.3) is 5.91 Å². The van der Waals surface area contributed by atoms with Crippen molar-refractivity contribution in [1.82, 2.24) is 0 Å². The second-order valence-corrected chi connectivity index (χ2v) is 7.78. The first-order valence-corrected chi connectivity index (χ1v) is 9.03. The van der Waals surface area contributed by atoms with Crippen molar-refractivity contribution in [1.29, 1.82) is 0 Å². The molecule has 0 spiro atoms. The summed E-state index contributed by atoms with van der Waals surface area (Å²) in [4.78, 5) is 0. The summed E-state index contributed by atoms with van der Waals surface area (Å²) in [6, 6.07) is 9.23. The minimum absolute atomic E-state index is 0.203. The number of ether oxygens (including phenoxy) is 1. The van der Waals surface area contributed by atoms with Crippen molar-refractivity contribution in [3.8, 4) is 0 Å². The van der Waals surface area contributed by atoms with Gasteiger partial charge in [0.05, 0.1) is 6.10 Å². The predicted octanol–water partition coefficient (Wildman–Crippen LogP) is 3.92. The van der Waals surface area contributed by atoms with Crippen molar-refractivity contribution in [3.05, 3.63) is 35.9 Å². The van der Waals surface area contributed by atoms with Crippen LogP contribution in [0.15, 0.2) is 30.3 Å². The zero-order chi connectivity index (χ0) is 19.3. The molecular weight excluding hydrogens is 321 g/mol. The summed E-state index contributed by atoms with van der Waals surface area (Å²) in [5.41, 5.74) is 3.75. The van der Waals surface area contributed by atoms with Gasteiger partial charge >= 0.3 is 0 Å². The Morgan fingerprint density at radius 1 is 1.20 bits per heavy atom. The van der Waals surface area contributed by atoms with Crippen LogP contribution in [0.4, 0.5) is 4.39 Å². The highest BCUT2D eigenvalue weighted by Gasteiger charge is 2.56. The van der Waals surface area contributed by atoms with Crippen LogP contribution in [0.1, 0.15) is 65.5 Å². The molecule has 0 fully saturated rings. The Morgan fingerprint density at radius 2 is 1.76 bits per heavy atom. The number of hydrogen-bond donors (Lipinski definition) is 3. The van der Waals surface area contributed by atoms with Crippen LogP contribution in [0, 0.1) is 11.3 Å². The first-order valence-electron chi connectivity index (χ1n) is 9.03. The molecule has 0 saturated carbocycles. The molecule has 0 aliphatic rings. The Labute approximate surface area is 151 Å². The molecule has 0 aliphatic carbocycles. The lowest BCUT2D eigenvalue weighted by Crippen LogP contribution is -2.64. The van der Waals surface area contributed by atoms with E-state index in [9.17, 15) is 10.2 Å². The fourth-order valence-electron chi connectivity index (χ4n) is 3.34. The molecule has 1 aromatic rings. The molecule has 1 rings (SSSR count). The highest BCUT2D eigenvalue weighted by atomic mass is 19.1. The highest BCUT2D eigenvalue weighted by Crippen LogP contribution is 2.46. The molecule has 1 aromatic carbocycles. The quantitative estimate of drug-likeness (QED) is 0.556. The van der Waals surface area contributed by atoms with Crippen molar-refractivity contribution >= 4 is 0 Å². The lowest BCUT2D eigenvalue weighted by Gasteiger charge is -2.47. The van der Waals surface area contributed by atoms with E-state index in [1.165, 1.54) is 6.92 Å². The number of alkyl halides is 1. The lowest BCUT2D eigenvalue weighted by atomic mass is 9.67. The molecule has 4 unspecified atom stereocenters. The second-order valence-electron chi connectivity index (χ2n) is 7.78. The van der Waals surface area contributed by atoms with E-state index in [1.54, 1.807) is 20.8 Å². The Bertz CT molecular complexity index is 517. The SMILES string of the molecule is CCCCC(C(C)(C)CO)C(C)(F)C(N)(O)OC(C)c1ccccc1. The van der Waals surface area contributed by atoms with Crippen molar-refractivity contribution in [2.75, 3.05) is 6.61 Å². The molecule has 144 valence electrons. The third-order valence-corrected chi connectivity index (χ3v) is 5.18. The van der Waals surface area contributed by atoms with Gasteiger partial charge in [0, 0.05) is 12.5 Å². The predicted molar refractivity (Wildman–Crippen MR) is 98.5 cm³/mol. The Balaban J connectivity index is 3.07. The van der Waals surface area contributed by atoms with Crippen LogP contribution in [0.5, 0.6) is 0 Å². The van der Waals surface area contributed by atoms with Gasteiger partial charge in [0.15, 0.2) is 5.67 Å². The number of aliphatic hydroxyl groups is 2. The molecule has 4 nitrogen and oxygen atoms in total. The van der Waals surface area contributed by atoms with Gasteiger partial charge in [0.2, 0.25) is 0 Å². The number of hydrogen-bond acceptors (Lipinski definition) is 4. The van der Waals surface area contributed by atoms with Gasteiger partial charge in [-0.3, -0.25) is 5.73 Å². The van der Waals surface area contributed by atoms with Crippen LogP contribution in [0.3, 0.4) is 0 Å². The zero-order valence-electron chi connectivity index (χ0n) is 16.1. The summed E-state index contributed by atoms with van der Waals surface area (Å²) in [6.45, 7) is 8.36. The van der Waals surface area contributed by atoms with Gasteiger partial charge in [0.1, 0.15) is 0 Å². The first-order chi connectivity index (χ1) is 11.5. The van der Waals surface area contributed by atoms with Crippen LogP contribution in [0.25, 0.3) is 0 Å². The van der Waals surface area contributed by atoms with Crippen LogP contribution < -0.4 is 5.73 Å². The van der Waals surface area contributed by atoms with Crippen molar-refractivity contribution in [3.63, 3.8) is 0 Å². The van der Waals surface area contributed by atoms with Gasteiger partial charge in [-0.25, -0.2) is 4.39 Å². The number of halogens is 1. The number of benzene rings is 1. The van der Waals surface area contributed by atoms with E-state index in [-0.39, 0.29) is 6.61 Å². The average molecular weight is 355 g/mol. The minimum atomic E-state index is -2.48. The Morgan fingerprint density at radius 3 is 2.24 bits per heavy atom. The van der Waals surface area contributed by atoms with Crippen LogP contribution in [-0.2, 0) is 4.74 Å². The third-order valence-electron chi connectivity index (χ3n) is 5.18. The van der Waals surface area contributed by atoms with Gasteiger partial charge in [-0.1, -0.05) is 63.9 Å². The molecule has 0 saturated heterocycles. The maximum atomic E-state index is 15.8. The standard InChI is InChI=1S/C20H34FNO3/c1-6-7-13-17(18(3,4)14-23)19(5,21)20(22,24)25-15(2)16-11-9-8-10-12-16/h8-12,15,17,23-24H,6-7,13-14,22H2,1-5H3. The largest absolute Gasteiger partial charge is 0.396 e. The van der Waals surface area contributed by atoms with Gasteiger partial charge in [-0.15, -0.1) is 0 Å². The molecule has 4 atom stereocenters. The van der Waals surface area contributed by atoms with Crippen LogP contribution in [-0.4, -0.2) is 28.4 Å². The maximum absolute atomic E-state index is 15.8. The summed E-state index contributed by atoms with van der Waals surface area (Å²) >= 11 is 0. The van der Waals surface area contributed by atoms with Gasteiger partial charge < -0.3 is 14.9 Å². The Kier molecular flexibility index (Phi) is 7.56. The van der Waals surface area contributed by atoms with Gasteiger partial charge in [-0.2, -0.15) is 0 Å². The monoisotopic (exact) mass is 355 g/mol. The van der Waals surface area contributed by atoms with E-state index in [2.05, 4.69) is 0 Å². The minimum Gasteiger partial charge on any atom is -0.396 e. The molecule has 0 aromatic heterocycles. The molecule has 25 heavy (non-hydrogen) atoms. The number of unbranched alkanes of at least 4 members (excludes halogenated alkanes) is 1. The summed E-state index contributed by atoms with van der Waals surface area (Å²) in [6.07, 6.45) is 1.59. The van der Waals surface area contributed by atoms with E-state index < -0.39 is 29.0 Å². The smallest absolute Gasteiger partial charge is 0.258 e. The van der Waals surface area contributed by atoms with Crippen LogP contribution in [0.2, 0.25) is 0 Å². The molecule has 0 aliphatic heterocycles. The van der Waals surface area contributed by atoms with E-state index in [0.717, 1.165) is 18.4 Å². The molecule has 0 amide bonds. The number of aliphatic hydroxyl groups excluding tert-OH is 1. The average Bonchev–Trinajstić information content (AvgIpc) is 2.55. The molecule has 0 bridgehead atoms. The first kappa shape index (κ1) is 22.0. The number of rotatable bonds is 10. The fraction of sp³-hybridized carbons (Fsp3) is 0.700. The van der Waals surface area contributed by atoms with Crippen molar-refractivity contribution in [2.45, 2.75) is 71.6 Å². The lowest BCUT2D eigenvalue weighted by molar-refractivity contribution is -0.309. The summed E-state index contributed by atoms with van der Waals surface area (Å²) in [5, 5.41) is 20.4. The molecule has 4 N–H and O–H groups in total. The Hall–Kier alpha value is -1.01. The van der Waals surface area contributed by atoms with Crippen molar-refractivity contribution < 1.29 is 19.3 Å². The van der Waals surface area contributed by atoms with E-state index in [4.69, 9.17) is 10.5 Å². The molecule has 0 heterocycles. The normalized spacial score (nSPS) is 19.7. The third kappa shape index (κ3) is 5.23. The van der Waals surface area contributed by atoms with Gasteiger partial charge in [-0.05, 0) is 31.2 Å². The second kappa shape index (κ2) is 8.58. The van der Waals surface area contributed by atoms with Crippen molar-refractivity contribution in [2.24, 2.45) is 17.1 Å². The maximum Gasteiger partial charge on any atom is 0.258 e. The topological polar surface area (TPSA) is 75.7 Å². The van der Waals surface area contributed by atoms with E-state index >= 15 is 4.39 Å². The highest BCUT2D eigenvalue weighted by molar-refractivity contribution is 5.17. The fourth-order valence-corrected chi connectivity index (χ4v) is 3.34.